The van der Waals surface area contributed by atoms with Crippen molar-refractivity contribution in [1.29, 1.82) is 0 Å². The van der Waals surface area contributed by atoms with Crippen LogP contribution in [0.25, 0.3) is 10.9 Å². The molecule has 3 rings (SSSR count). The van der Waals surface area contributed by atoms with E-state index in [1.165, 1.54) is 5.56 Å². The van der Waals surface area contributed by atoms with Crippen molar-refractivity contribution >= 4 is 10.9 Å². The van der Waals surface area contributed by atoms with Crippen LogP contribution >= 0.6 is 0 Å². The van der Waals surface area contributed by atoms with E-state index in [2.05, 4.69) is 35.6 Å². The van der Waals surface area contributed by atoms with Gasteiger partial charge >= 0.3 is 0 Å². The van der Waals surface area contributed by atoms with Gasteiger partial charge in [-0.05, 0) is 31.5 Å². The highest BCUT2D eigenvalue weighted by molar-refractivity contribution is 5.89. The van der Waals surface area contributed by atoms with Crippen LogP contribution in [0.5, 0.6) is 5.75 Å². The average molecular weight is 274 g/mol. The summed E-state index contributed by atoms with van der Waals surface area (Å²) in [5.74, 6) is 0.380. The Kier molecular flexibility index (Phi) is 3.68. The van der Waals surface area contributed by atoms with E-state index in [0.29, 0.717) is 11.8 Å². The second kappa shape index (κ2) is 5.46. The minimum atomic E-state index is 0.380. The van der Waals surface area contributed by atoms with Gasteiger partial charge in [0.25, 0.3) is 0 Å². The minimum absolute atomic E-state index is 0.380. The number of phenols is 1. The van der Waals surface area contributed by atoms with Gasteiger partial charge in [0.1, 0.15) is 5.75 Å². The first-order valence-electron chi connectivity index (χ1n) is 7.28. The van der Waals surface area contributed by atoms with Crippen molar-refractivity contribution in [3.63, 3.8) is 0 Å². The number of rotatable bonds is 3. The fourth-order valence-corrected chi connectivity index (χ4v) is 2.92. The quantitative estimate of drug-likeness (QED) is 0.935. The lowest BCUT2D eigenvalue weighted by atomic mass is 10.1. The monoisotopic (exact) mass is 274 g/mol. The lowest BCUT2D eigenvalue weighted by Gasteiger charge is -2.26. The van der Waals surface area contributed by atoms with Crippen LogP contribution in [0.3, 0.4) is 0 Å². The molecule has 2 aromatic rings. The zero-order valence-corrected chi connectivity index (χ0v) is 12.2. The summed E-state index contributed by atoms with van der Waals surface area (Å²) < 4.78 is 7.64. The molecule has 20 heavy (non-hydrogen) atoms. The maximum Gasteiger partial charge on any atom is 0.125 e. The van der Waals surface area contributed by atoms with E-state index in [9.17, 15) is 5.11 Å². The number of aromatic hydroxyl groups is 1. The van der Waals surface area contributed by atoms with Crippen LogP contribution in [0.2, 0.25) is 0 Å². The number of benzene rings is 1. The molecule has 0 spiro atoms. The molecule has 1 fully saturated rings. The predicted molar refractivity (Wildman–Crippen MR) is 80.1 cm³/mol. The van der Waals surface area contributed by atoms with E-state index >= 15 is 0 Å². The fraction of sp³-hybridized carbons (Fsp3) is 0.500. The first kappa shape index (κ1) is 13.5. The number of nitrogens with zero attached hydrogens (tertiary/aromatic N) is 2. The lowest BCUT2D eigenvalue weighted by molar-refractivity contribution is 0.0343. The molecule has 0 radical (unpaired) electrons. The summed E-state index contributed by atoms with van der Waals surface area (Å²) in [6.07, 6.45) is 2.19. The normalized spacial score (nSPS) is 17.1. The summed E-state index contributed by atoms with van der Waals surface area (Å²) in [7, 11) is 0. The molecular weight excluding hydrogens is 252 g/mol. The van der Waals surface area contributed by atoms with Gasteiger partial charge in [-0.2, -0.15) is 0 Å². The molecule has 0 atom stereocenters. The Balaban J connectivity index is 2.01. The Labute approximate surface area is 119 Å². The van der Waals surface area contributed by atoms with Crippen molar-refractivity contribution in [1.82, 2.24) is 9.47 Å². The van der Waals surface area contributed by atoms with E-state index in [-0.39, 0.29) is 0 Å². The maximum absolute atomic E-state index is 10.2. The molecule has 4 heteroatoms. The molecular formula is C16H22N2O2. The molecule has 0 saturated carbocycles. The molecule has 0 unspecified atom stereocenters. The van der Waals surface area contributed by atoms with E-state index in [0.717, 1.165) is 43.8 Å². The maximum atomic E-state index is 10.2. The van der Waals surface area contributed by atoms with Crippen LogP contribution in [-0.2, 0) is 11.3 Å². The Morgan fingerprint density at radius 2 is 2.00 bits per heavy atom. The van der Waals surface area contributed by atoms with Crippen molar-refractivity contribution < 1.29 is 9.84 Å². The van der Waals surface area contributed by atoms with Gasteiger partial charge in [0.05, 0.1) is 18.7 Å². The van der Waals surface area contributed by atoms with Gasteiger partial charge in [0.15, 0.2) is 0 Å². The van der Waals surface area contributed by atoms with E-state index < -0.39 is 0 Å². The molecule has 2 heterocycles. The Hall–Kier alpha value is -1.52. The van der Waals surface area contributed by atoms with Crippen molar-refractivity contribution in [2.24, 2.45) is 0 Å². The standard InChI is InChI=1S/C16H22N2O2/c1-12(2)18-11-13(10-17-6-8-20-9-7-17)16-14(18)4-3-5-15(16)19/h3-5,11-12,19H,6-10H2,1-2H3. The molecule has 0 aliphatic carbocycles. The summed E-state index contributed by atoms with van der Waals surface area (Å²) >= 11 is 0. The number of morpholine rings is 1. The molecule has 0 amide bonds. The molecule has 4 nitrogen and oxygen atoms in total. The van der Waals surface area contributed by atoms with Gasteiger partial charge in [-0.1, -0.05) is 6.07 Å². The van der Waals surface area contributed by atoms with Crippen LogP contribution < -0.4 is 0 Å². The summed E-state index contributed by atoms with van der Waals surface area (Å²) in [6.45, 7) is 8.73. The number of ether oxygens (including phenoxy) is 1. The lowest BCUT2D eigenvalue weighted by Crippen LogP contribution is -2.35. The Morgan fingerprint density at radius 1 is 1.25 bits per heavy atom. The summed E-state index contributed by atoms with van der Waals surface area (Å²) in [6, 6.07) is 6.15. The topological polar surface area (TPSA) is 37.6 Å². The highest BCUT2D eigenvalue weighted by atomic mass is 16.5. The number of hydrogen-bond donors (Lipinski definition) is 1. The van der Waals surface area contributed by atoms with Crippen LogP contribution in [0.1, 0.15) is 25.5 Å². The van der Waals surface area contributed by atoms with E-state index in [1.54, 1.807) is 6.07 Å². The van der Waals surface area contributed by atoms with Gasteiger partial charge in [0.2, 0.25) is 0 Å². The predicted octanol–water partition coefficient (Wildman–Crippen LogP) is 2.76. The summed E-state index contributed by atoms with van der Waals surface area (Å²) in [4.78, 5) is 2.38. The molecule has 1 saturated heterocycles. The molecule has 1 aromatic heterocycles. The van der Waals surface area contributed by atoms with Crippen LogP contribution in [0, 0.1) is 0 Å². The first-order valence-corrected chi connectivity index (χ1v) is 7.28. The largest absolute Gasteiger partial charge is 0.507 e. The van der Waals surface area contributed by atoms with E-state index in [1.807, 2.05) is 6.07 Å². The smallest absolute Gasteiger partial charge is 0.125 e. The zero-order valence-electron chi connectivity index (χ0n) is 12.2. The molecule has 1 aliphatic heterocycles. The highest BCUT2D eigenvalue weighted by Gasteiger charge is 2.17. The van der Waals surface area contributed by atoms with Crippen molar-refractivity contribution in [2.75, 3.05) is 26.3 Å². The molecule has 0 bridgehead atoms. The van der Waals surface area contributed by atoms with Crippen molar-refractivity contribution in [3.05, 3.63) is 30.0 Å². The molecule has 1 aromatic carbocycles. The molecule has 108 valence electrons. The minimum Gasteiger partial charge on any atom is -0.507 e. The first-order chi connectivity index (χ1) is 9.66. The number of aromatic nitrogens is 1. The number of fused-ring (bicyclic) bond motifs is 1. The second-order valence-corrected chi connectivity index (χ2v) is 5.72. The van der Waals surface area contributed by atoms with Crippen LogP contribution in [-0.4, -0.2) is 40.9 Å². The second-order valence-electron chi connectivity index (χ2n) is 5.72. The third-order valence-corrected chi connectivity index (χ3v) is 3.97. The number of hydrogen-bond acceptors (Lipinski definition) is 3. The highest BCUT2D eigenvalue weighted by Crippen LogP contribution is 2.32. The van der Waals surface area contributed by atoms with Gasteiger partial charge in [-0.25, -0.2) is 0 Å². The van der Waals surface area contributed by atoms with Crippen LogP contribution in [0.15, 0.2) is 24.4 Å². The summed E-state index contributed by atoms with van der Waals surface area (Å²) in [5, 5.41) is 11.2. The molecule has 1 aliphatic rings. The van der Waals surface area contributed by atoms with Gasteiger partial charge < -0.3 is 14.4 Å². The molecule has 1 N–H and O–H groups in total. The van der Waals surface area contributed by atoms with E-state index in [4.69, 9.17) is 4.74 Å². The Morgan fingerprint density at radius 3 is 2.70 bits per heavy atom. The SMILES string of the molecule is CC(C)n1cc(CN2CCOCC2)c2c(O)cccc21. The average Bonchev–Trinajstić information content (AvgIpc) is 2.80. The Bertz CT molecular complexity index is 598. The summed E-state index contributed by atoms with van der Waals surface area (Å²) in [5.41, 5.74) is 2.32. The van der Waals surface area contributed by atoms with Crippen LogP contribution in [0.4, 0.5) is 0 Å². The number of phenolic OH excluding ortho intramolecular Hbond substituents is 1. The fourth-order valence-electron chi connectivity index (χ4n) is 2.92. The van der Waals surface area contributed by atoms with Crippen molar-refractivity contribution in [2.45, 2.75) is 26.4 Å². The zero-order chi connectivity index (χ0) is 14.1. The van der Waals surface area contributed by atoms with Gasteiger partial charge in [-0.3, -0.25) is 4.90 Å². The van der Waals surface area contributed by atoms with Gasteiger partial charge in [0, 0.05) is 37.3 Å². The third-order valence-electron chi connectivity index (χ3n) is 3.97. The van der Waals surface area contributed by atoms with Gasteiger partial charge in [-0.15, -0.1) is 0 Å². The third kappa shape index (κ3) is 2.41. The van der Waals surface area contributed by atoms with Crippen molar-refractivity contribution in [3.8, 4) is 5.75 Å².